The Labute approximate surface area is 110 Å². The molecule has 3 nitrogen and oxygen atoms in total. The Hall–Kier alpha value is -1.19. The fourth-order valence-corrected chi connectivity index (χ4v) is 1.61. The zero-order valence-corrected chi connectivity index (χ0v) is 10.6. The summed E-state index contributed by atoms with van der Waals surface area (Å²) in [6, 6.07) is 4.98. The molecular weight excluding hydrogens is 263 g/mol. The van der Waals surface area contributed by atoms with E-state index >= 15 is 0 Å². The summed E-state index contributed by atoms with van der Waals surface area (Å²) in [4.78, 5) is 11.0. The molecule has 0 radical (unpaired) electrons. The Balaban J connectivity index is 2.31. The van der Waals surface area contributed by atoms with Crippen LogP contribution in [0, 0.1) is 0 Å². The van der Waals surface area contributed by atoms with Gasteiger partial charge in [-0.2, -0.15) is 0 Å². The van der Waals surface area contributed by atoms with E-state index in [-0.39, 0.29) is 12.4 Å². The molecule has 0 saturated heterocycles. The van der Waals surface area contributed by atoms with Crippen LogP contribution in [0.3, 0.4) is 0 Å². The predicted molar refractivity (Wildman–Crippen MR) is 67.5 cm³/mol. The highest BCUT2D eigenvalue weighted by molar-refractivity contribution is 6.35. The minimum absolute atomic E-state index is 0.275. The molecule has 0 aliphatic carbocycles. The van der Waals surface area contributed by atoms with Gasteiger partial charge in [0.05, 0.1) is 17.9 Å². The van der Waals surface area contributed by atoms with Gasteiger partial charge in [0.2, 0.25) is 0 Å². The first kappa shape index (κ1) is 13.9. The molecule has 0 atom stereocenters. The molecule has 0 spiro atoms. The van der Waals surface area contributed by atoms with Gasteiger partial charge in [-0.3, -0.25) is 4.79 Å². The van der Waals surface area contributed by atoms with E-state index < -0.39 is 0 Å². The lowest BCUT2D eigenvalue weighted by Gasteiger charge is -2.07. The van der Waals surface area contributed by atoms with Gasteiger partial charge in [-0.25, -0.2) is 0 Å². The second-order valence-corrected chi connectivity index (χ2v) is 4.03. The standard InChI is InChI=1S/C12H12Cl2O3/c1-2-16-12(15)4-3-7-17-11-6-5-9(13)8-10(11)14/h2,5-6,8H,1,3-4,7H2. The second kappa shape index (κ2) is 7.20. The molecule has 0 fully saturated rings. The average Bonchev–Trinajstić information content (AvgIpc) is 2.27. The number of carbonyl (C=O) groups excluding carboxylic acids is 1. The molecule has 1 aromatic carbocycles. The van der Waals surface area contributed by atoms with Crippen molar-refractivity contribution in [1.29, 1.82) is 0 Å². The Morgan fingerprint density at radius 1 is 1.41 bits per heavy atom. The van der Waals surface area contributed by atoms with Crippen LogP contribution in [-0.4, -0.2) is 12.6 Å². The maximum atomic E-state index is 11.0. The Morgan fingerprint density at radius 3 is 2.82 bits per heavy atom. The third-order valence-electron chi connectivity index (χ3n) is 1.89. The van der Waals surface area contributed by atoms with Crippen LogP contribution in [0.25, 0.3) is 0 Å². The molecule has 5 heteroatoms. The van der Waals surface area contributed by atoms with Gasteiger partial charge in [-0.15, -0.1) is 0 Å². The number of ether oxygens (including phenoxy) is 2. The molecule has 0 aromatic heterocycles. The number of carbonyl (C=O) groups is 1. The maximum Gasteiger partial charge on any atom is 0.310 e. The van der Waals surface area contributed by atoms with Crippen molar-refractivity contribution in [2.75, 3.05) is 6.61 Å². The molecule has 17 heavy (non-hydrogen) atoms. The number of hydrogen-bond acceptors (Lipinski definition) is 3. The van der Waals surface area contributed by atoms with Gasteiger partial charge >= 0.3 is 5.97 Å². The molecule has 92 valence electrons. The van der Waals surface area contributed by atoms with Gasteiger partial charge in [-0.1, -0.05) is 29.8 Å². The van der Waals surface area contributed by atoms with Crippen molar-refractivity contribution in [3.63, 3.8) is 0 Å². The van der Waals surface area contributed by atoms with Crippen molar-refractivity contribution in [3.8, 4) is 5.75 Å². The first-order valence-corrected chi connectivity index (χ1v) is 5.77. The number of benzene rings is 1. The summed E-state index contributed by atoms with van der Waals surface area (Å²) in [5.41, 5.74) is 0. The molecule has 1 rings (SSSR count). The van der Waals surface area contributed by atoms with Crippen molar-refractivity contribution >= 4 is 29.2 Å². The van der Waals surface area contributed by atoms with Gasteiger partial charge in [-0.05, 0) is 24.6 Å². The second-order valence-electron chi connectivity index (χ2n) is 3.18. The van der Waals surface area contributed by atoms with E-state index in [4.69, 9.17) is 27.9 Å². The molecule has 0 unspecified atom stereocenters. The fourth-order valence-electron chi connectivity index (χ4n) is 1.14. The fraction of sp³-hybridized carbons (Fsp3) is 0.250. The van der Waals surface area contributed by atoms with Gasteiger partial charge in [0.25, 0.3) is 0 Å². The van der Waals surface area contributed by atoms with Crippen LogP contribution in [0.5, 0.6) is 5.75 Å². The Morgan fingerprint density at radius 2 is 2.18 bits per heavy atom. The normalized spacial score (nSPS) is 9.76. The summed E-state index contributed by atoms with van der Waals surface area (Å²) in [6.45, 7) is 3.67. The van der Waals surface area contributed by atoms with Crippen LogP contribution in [0.1, 0.15) is 12.8 Å². The van der Waals surface area contributed by atoms with Crippen LogP contribution in [0.4, 0.5) is 0 Å². The molecule has 0 heterocycles. The molecular formula is C12H12Cl2O3. The topological polar surface area (TPSA) is 35.5 Å². The monoisotopic (exact) mass is 274 g/mol. The summed E-state index contributed by atoms with van der Waals surface area (Å²) in [5.74, 6) is 0.221. The van der Waals surface area contributed by atoms with Crippen molar-refractivity contribution in [1.82, 2.24) is 0 Å². The number of esters is 1. The van der Waals surface area contributed by atoms with E-state index in [1.807, 2.05) is 0 Å². The number of rotatable bonds is 6. The third-order valence-corrected chi connectivity index (χ3v) is 2.42. The molecule has 1 aromatic rings. The lowest BCUT2D eigenvalue weighted by Crippen LogP contribution is -2.04. The lowest BCUT2D eigenvalue weighted by atomic mass is 10.3. The van der Waals surface area contributed by atoms with E-state index in [2.05, 4.69) is 11.3 Å². The van der Waals surface area contributed by atoms with E-state index in [1.54, 1.807) is 18.2 Å². The largest absolute Gasteiger partial charge is 0.492 e. The predicted octanol–water partition coefficient (Wildman–Crippen LogP) is 3.84. The van der Waals surface area contributed by atoms with Crippen LogP contribution >= 0.6 is 23.2 Å². The van der Waals surface area contributed by atoms with Gasteiger partial charge in [0, 0.05) is 11.4 Å². The maximum absolute atomic E-state index is 11.0. The molecule has 0 aliphatic heterocycles. The highest BCUT2D eigenvalue weighted by atomic mass is 35.5. The first-order chi connectivity index (χ1) is 8.13. The van der Waals surface area contributed by atoms with Crippen LogP contribution < -0.4 is 4.74 Å². The molecule has 0 N–H and O–H groups in total. The van der Waals surface area contributed by atoms with E-state index in [9.17, 15) is 4.79 Å². The molecule has 0 saturated carbocycles. The Kier molecular flexibility index (Phi) is 5.87. The van der Waals surface area contributed by atoms with Crippen molar-refractivity contribution < 1.29 is 14.3 Å². The van der Waals surface area contributed by atoms with Gasteiger partial charge in [0.1, 0.15) is 5.75 Å². The summed E-state index contributed by atoms with van der Waals surface area (Å²) >= 11 is 11.7. The minimum Gasteiger partial charge on any atom is -0.492 e. The van der Waals surface area contributed by atoms with Crippen LogP contribution in [0.2, 0.25) is 10.0 Å². The summed E-state index contributed by atoms with van der Waals surface area (Å²) < 4.78 is 9.96. The van der Waals surface area contributed by atoms with E-state index in [1.165, 1.54) is 0 Å². The highest BCUT2D eigenvalue weighted by Crippen LogP contribution is 2.27. The smallest absolute Gasteiger partial charge is 0.310 e. The average molecular weight is 275 g/mol. The van der Waals surface area contributed by atoms with Gasteiger partial charge in [0.15, 0.2) is 0 Å². The van der Waals surface area contributed by atoms with Crippen LogP contribution in [-0.2, 0) is 9.53 Å². The first-order valence-electron chi connectivity index (χ1n) is 5.01. The summed E-state index contributed by atoms with van der Waals surface area (Å²) in [7, 11) is 0. The van der Waals surface area contributed by atoms with E-state index in [0.29, 0.717) is 28.8 Å². The van der Waals surface area contributed by atoms with Crippen molar-refractivity contribution in [2.45, 2.75) is 12.8 Å². The van der Waals surface area contributed by atoms with Crippen molar-refractivity contribution in [3.05, 3.63) is 41.1 Å². The van der Waals surface area contributed by atoms with Gasteiger partial charge < -0.3 is 9.47 Å². The molecule has 0 bridgehead atoms. The zero-order chi connectivity index (χ0) is 12.7. The zero-order valence-electron chi connectivity index (χ0n) is 9.12. The van der Waals surface area contributed by atoms with Crippen molar-refractivity contribution in [2.24, 2.45) is 0 Å². The highest BCUT2D eigenvalue weighted by Gasteiger charge is 2.04. The van der Waals surface area contributed by atoms with E-state index in [0.717, 1.165) is 6.26 Å². The molecule has 0 aliphatic rings. The Bertz CT molecular complexity index is 405. The molecule has 0 amide bonds. The SMILES string of the molecule is C=COC(=O)CCCOc1ccc(Cl)cc1Cl. The third kappa shape index (κ3) is 5.11. The summed E-state index contributed by atoms with van der Waals surface area (Å²) in [5, 5.41) is 1.00. The summed E-state index contributed by atoms with van der Waals surface area (Å²) in [6.07, 6.45) is 1.93. The quantitative estimate of drug-likeness (QED) is 0.449. The minimum atomic E-state index is -0.328. The van der Waals surface area contributed by atoms with Crippen LogP contribution in [0.15, 0.2) is 31.0 Å². The number of halogens is 2. The lowest BCUT2D eigenvalue weighted by molar-refractivity contribution is -0.138. The number of hydrogen-bond donors (Lipinski definition) is 0.